The summed E-state index contributed by atoms with van der Waals surface area (Å²) in [6.45, 7) is 4.44. The molecule has 0 bridgehead atoms. The Morgan fingerprint density at radius 2 is 1.92 bits per heavy atom. The van der Waals surface area contributed by atoms with Gasteiger partial charge in [0.2, 0.25) is 5.91 Å². The first-order chi connectivity index (χ1) is 11.9. The van der Waals surface area contributed by atoms with E-state index in [1.165, 1.54) is 18.2 Å². The average molecular weight is 361 g/mol. The van der Waals surface area contributed by atoms with Gasteiger partial charge in [-0.2, -0.15) is 0 Å². The molecule has 0 aromatic heterocycles. The van der Waals surface area contributed by atoms with E-state index in [1.807, 2.05) is 32.0 Å². The Labute approximate surface area is 150 Å². The zero-order valence-electron chi connectivity index (χ0n) is 14.0. The summed E-state index contributed by atoms with van der Waals surface area (Å²) in [6, 6.07) is 9.24. The Hall–Kier alpha value is -2.40. The Morgan fingerprint density at radius 3 is 2.56 bits per heavy atom. The number of hydrogen-bond acceptors (Lipinski definition) is 2. The number of carbonyl (C=O) groups is 2. The minimum absolute atomic E-state index is 0.0223. The molecule has 1 aliphatic heterocycles. The van der Waals surface area contributed by atoms with Crippen LogP contribution in [0.25, 0.3) is 0 Å². The first-order valence-corrected chi connectivity index (χ1v) is 8.39. The zero-order chi connectivity index (χ0) is 18.1. The Balaban J connectivity index is 1.77. The molecule has 130 valence electrons. The van der Waals surface area contributed by atoms with Crippen molar-refractivity contribution in [1.29, 1.82) is 0 Å². The molecule has 0 unspecified atom stereocenters. The SMILES string of the molecule is Cc1cc(C)cc(N2CC[C@H](NC(=O)c3c(F)cccc3Cl)C2=O)c1. The summed E-state index contributed by atoms with van der Waals surface area (Å²) in [7, 11) is 0. The number of rotatable bonds is 3. The molecule has 0 aliphatic carbocycles. The van der Waals surface area contributed by atoms with Gasteiger partial charge in [-0.3, -0.25) is 9.59 Å². The van der Waals surface area contributed by atoms with Gasteiger partial charge in [-0.1, -0.05) is 23.7 Å². The van der Waals surface area contributed by atoms with Crippen molar-refractivity contribution in [3.8, 4) is 0 Å². The van der Waals surface area contributed by atoms with Crippen molar-refractivity contribution >= 4 is 29.1 Å². The fourth-order valence-electron chi connectivity index (χ4n) is 3.12. The lowest BCUT2D eigenvalue weighted by Gasteiger charge is -2.18. The molecular weight excluding hydrogens is 343 g/mol. The van der Waals surface area contributed by atoms with Gasteiger partial charge in [-0.25, -0.2) is 4.39 Å². The summed E-state index contributed by atoms with van der Waals surface area (Å²) in [5, 5.41) is 2.62. The summed E-state index contributed by atoms with van der Waals surface area (Å²) >= 11 is 5.91. The third-order valence-corrected chi connectivity index (χ3v) is 4.53. The number of nitrogens with zero attached hydrogens (tertiary/aromatic N) is 1. The first-order valence-electron chi connectivity index (χ1n) is 8.01. The van der Waals surface area contributed by atoms with Gasteiger partial charge < -0.3 is 10.2 Å². The van der Waals surface area contributed by atoms with Crippen molar-refractivity contribution in [3.63, 3.8) is 0 Å². The predicted molar refractivity (Wildman–Crippen MR) is 95.6 cm³/mol. The molecule has 0 radical (unpaired) electrons. The minimum Gasteiger partial charge on any atom is -0.340 e. The Kier molecular flexibility index (Phi) is 4.77. The molecule has 1 saturated heterocycles. The number of anilines is 1. The van der Waals surface area contributed by atoms with Crippen molar-refractivity contribution in [2.45, 2.75) is 26.3 Å². The van der Waals surface area contributed by atoms with E-state index in [4.69, 9.17) is 11.6 Å². The normalized spacial score (nSPS) is 17.0. The maximum Gasteiger partial charge on any atom is 0.256 e. The van der Waals surface area contributed by atoms with Gasteiger partial charge in [0.05, 0.1) is 10.6 Å². The third kappa shape index (κ3) is 3.51. The largest absolute Gasteiger partial charge is 0.340 e. The van der Waals surface area contributed by atoms with Crippen LogP contribution in [-0.4, -0.2) is 24.4 Å². The van der Waals surface area contributed by atoms with E-state index in [1.54, 1.807) is 4.90 Å². The molecule has 2 aromatic carbocycles. The fraction of sp³-hybridized carbons (Fsp3) is 0.263. The topological polar surface area (TPSA) is 49.4 Å². The van der Waals surface area contributed by atoms with Crippen LogP contribution < -0.4 is 10.2 Å². The monoisotopic (exact) mass is 360 g/mol. The number of aryl methyl sites for hydroxylation is 2. The smallest absolute Gasteiger partial charge is 0.256 e. The highest BCUT2D eigenvalue weighted by Gasteiger charge is 2.34. The molecule has 0 saturated carbocycles. The molecule has 1 N–H and O–H groups in total. The maximum absolute atomic E-state index is 13.9. The van der Waals surface area contributed by atoms with Crippen molar-refractivity contribution in [2.75, 3.05) is 11.4 Å². The van der Waals surface area contributed by atoms with Crippen LogP contribution in [-0.2, 0) is 4.79 Å². The van der Waals surface area contributed by atoms with Crippen molar-refractivity contribution < 1.29 is 14.0 Å². The maximum atomic E-state index is 13.9. The molecule has 1 aliphatic rings. The van der Waals surface area contributed by atoms with E-state index in [0.29, 0.717) is 13.0 Å². The summed E-state index contributed by atoms with van der Waals surface area (Å²) in [5.41, 5.74) is 2.70. The van der Waals surface area contributed by atoms with Crippen molar-refractivity contribution in [1.82, 2.24) is 5.32 Å². The number of amides is 2. The van der Waals surface area contributed by atoms with Gasteiger partial charge in [0.15, 0.2) is 0 Å². The van der Waals surface area contributed by atoms with Crippen LogP contribution in [0.2, 0.25) is 5.02 Å². The highest BCUT2D eigenvalue weighted by Crippen LogP contribution is 2.25. The summed E-state index contributed by atoms with van der Waals surface area (Å²) in [5.74, 6) is -1.59. The van der Waals surface area contributed by atoms with E-state index in [-0.39, 0.29) is 16.5 Å². The van der Waals surface area contributed by atoms with Crippen LogP contribution in [0, 0.1) is 19.7 Å². The lowest BCUT2D eigenvalue weighted by molar-refractivity contribution is -0.118. The zero-order valence-corrected chi connectivity index (χ0v) is 14.7. The van der Waals surface area contributed by atoms with Crippen LogP contribution in [0.3, 0.4) is 0 Å². The van der Waals surface area contributed by atoms with Gasteiger partial charge in [-0.05, 0) is 55.7 Å². The van der Waals surface area contributed by atoms with Gasteiger partial charge in [-0.15, -0.1) is 0 Å². The van der Waals surface area contributed by atoms with E-state index in [0.717, 1.165) is 16.8 Å². The summed E-state index contributed by atoms with van der Waals surface area (Å²) in [4.78, 5) is 26.6. The Morgan fingerprint density at radius 1 is 1.24 bits per heavy atom. The van der Waals surface area contributed by atoms with E-state index in [2.05, 4.69) is 5.32 Å². The minimum atomic E-state index is -0.707. The fourth-order valence-corrected chi connectivity index (χ4v) is 3.37. The molecular formula is C19H18ClFN2O2. The highest BCUT2D eigenvalue weighted by atomic mass is 35.5. The predicted octanol–water partition coefficient (Wildman–Crippen LogP) is 3.63. The molecule has 0 spiro atoms. The van der Waals surface area contributed by atoms with Crippen LogP contribution in [0.1, 0.15) is 27.9 Å². The molecule has 1 atom stereocenters. The standard InChI is InChI=1S/C19H18ClFN2O2/c1-11-8-12(2)10-13(9-11)23-7-6-16(19(23)25)22-18(24)17-14(20)4-3-5-15(17)21/h3-5,8-10,16H,6-7H2,1-2H3,(H,22,24)/t16-/m0/s1. The Bertz CT molecular complexity index is 813. The van der Waals surface area contributed by atoms with Crippen LogP contribution in [0.4, 0.5) is 10.1 Å². The molecule has 3 rings (SSSR count). The van der Waals surface area contributed by atoms with E-state index < -0.39 is 17.8 Å². The molecule has 2 aromatic rings. The molecule has 2 amide bonds. The van der Waals surface area contributed by atoms with Gasteiger partial charge in [0.25, 0.3) is 5.91 Å². The molecule has 6 heteroatoms. The van der Waals surface area contributed by atoms with Crippen molar-refractivity contribution in [2.24, 2.45) is 0 Å². The summed E-state index contributed by atoms with van der Waals surface area (Å²) < 4.78 is 13.9. The lowest BCUT2D eigenvalue weighted by Crippen LogP contribution is -2.42. The van der Waals surface area contributed by atoms with Gasteiger partial charge >= 0.3 is 0 Å². The van der Waals surface area contributed by atoms with E-state index >= 15 is 0 Å². The molecule has 1 fully saturated rings. The van der Waals surface area contributed by atoms with Crippen LogP contribution in [0.5, 0.6) is 0 Å². The second-order valence-electron chi connectivity index (χ2n) is 6.25. The molecule has 25 heavy (non-hydrogen) atoms. The van der Waals surface area contributed by atoms with E-state index in [9.17, 15) is 14.0 Å². The number of halogens is 2. The highest BCUT2D eigenvalue weighted by molar-refractivity contribution is 6.34. The number of hydrogen-bond donors (Lipinski definition) is 1. The van der Waals surface area contributed by atoms with Crippen molar-refractivity contribution in [3.05, 3.63) is 63.9 Å². The molecule has 1 heterocycles. The van der Waals surface area contributed by atoms with Gasteiger partial charge in [0, 0.05) is 12.2 Å². The number of carbonyl (C=O) groups excluding carboxylic acids is 2. The number of benzene rings is 2. The van der Waals surface area contributed by atoms with Crippen LogP contribution >= 0.6 is 11.6 Å². The first kappa shape index (κ1) is 17.4. The van der Waals surface area contributed by atoms with Crippen LogP contribution in [0.15, 0.2) is 36.4 Å². The summed E-state index contributed by atoms with van der Waals surface area (Å²) in [6.07, 6.45) is 0.462. The number of nitrogens with one attached hydrogen (secondary N) is 1. The molecule has 4 nitrogen and oxygen atoms in total. The lowest BCUT2D eigenvalue weighted by atomic mass is 10.1. The quantitative estimate of drug-likeness (QED) is 0.908. The second kappa shape index (κ2) is 6.84. The van der Waals surface area contributed by atoms with Gasteiger partial charge in [0.1, 0.15) is 11.9 Å². The second-order valence-corrected chi connectivity index (χ2v) is 6.65. The third-order valence-electron chi connectivity index (χ3n) is 4.22. The average Bonchev–Trinajstić information content (AvgIpc) is 2.87.